The van der Waals surface area contributed by atoms with Gasteiger partial charge in [0, 0.05) is 0 Å². The minimum absolute atomic E-state index is 0.834. The fraction of sp³-hybridized carbons (Fsp3) is 0.429. The lowest BCUT2D eigenvalue weighted by atomic mass is 9.97. The Balaban J connectivity index is 1.75. The van der Waals surface area contributed by atoms with Crippen LogP contribution in [0.25, 0.3) is 6.08 Å². The minimum atomic E-state index is 0.834. The summed E-state index contributed by atoms with van der Waals surface area (Å²) >= 11 is 0. The van der Waals surface area contributed by atoms with Crippen LogP contribution in [0.15, 0.2) is 24.3 Å². The summed E-state index contributed by atoms with van der Waals surface area (Å²) in [6.07, 6.45) is 9.49. The van der Waals surface area contributed by atoms with Gasteiger partial charge >= 0.3 is 0 Å². The van der Waals surface area contributed by atoms with Crippen molar-refractivity contribution in [3.63, 3.8) is 0 Å². The molecule has 0 saturated heterocycles. The van der Waals surface area contributed by atoms with E-state index in [1.54, 1.807) is 0 Å². The second-order valence-corrected chi connectivity index (χ2v) is 4.56. The monoisotopic (exact) mass is 200 g/mol. The zero-order valence-corrected chi connectivity index (χ0v) is 8.91. The SMILES string of the molecule is C1=Cc2ccc(OCC3CC3)cc2CC1. The molecule has 0 bridgehead atoms. The van der Waals surface area contributed by atoms with E-state index in [1.165, 1.54) is 30.4 Å². The van der Waals surface area contributed by atoms with Crippen molar-refractivity contribution in [1.82, 2.24) is 0 Å². The lowest BCUT2D eigenvalue weighted by Crippen LogP contribution is -2.01. The molecule has 1 fully saturated rings. The highest BCUT2D eigenvalue weighted by molar-refractivity contribution is 5.57. The van der Waals surface area contributed by atoms with Crippen LogP contribution in [0.1, 0.15) is 30.4 Å². The molecule has 0 spiro atoms. The molecule has 0 aromatic heterocycles. The number of aryl methyl sites for hydroxylation is 1. The largest absolute Gasteiger partial charge is 0.493 e. The van der Waals surface area contributed by atoms with Crippen molar-refractivity contribution < 1.29 is 4.74 Å². The highest BCUT2D eigenvalue weighted by atomic mass is 16.5. The number of hydrogen-bond acceptors (Lipinski definition) is 1. The Hall–Kier alpha value is -1.24. The third kappa shape index (κ3) is 2.06. The van der Waals surface area contributed by atoms with Gasteiger partial charge in [-0.05, 0) is 54.9 Å². The summed E-state index contributed by atoms with van der Waals surface area (Å²) in [7, 11) is 0. The average molecular weight is 200 g/mol. The van der Waals surface area contributed by atoms with Gasteiger partial charge in [0.1, 0.15) is 5.75 Å². The summed E-state index contributed by atoms with van der Waals surface area (Å²) < 4.78 is 5.77. The van der Waals surface area contributed by atoms with E-state index in [9.17, 15) is 0 Å². The van der Waals surface area contributed by atoms with E-state index in [2.05, 4.69) is 30.4 Å². The molecule has 0 radical (unpaired) electrons. The summed E-state index contributed by atoms with van der Waals surface area (Å²) in [5.74, 6) is 1.89. The van der Waals surface area contributed by atoms with Crippen molar-refractivity contribution in [2.45, 2.75) is 25.7 Å². The van der Waals surface area contributed by atoms with Gasteiger partial charge in [-0.2, -0.15) is 0 Å². The van der Waals surface area contributed by atoms with Gasteiger partial charge in [-0.3, -0.25) is 0 Å². The molecule has 2 aliphatic rings. The highest BCUT2D eigenvalue weighted by Crippen LogP contribution is 2.30. The molecule has 1 nitrogen and oxygen atoms in total. The summed E-state index contributed by atoms with van der Waals surface area (Å²) in [5.41, 5.74) is 2.80. The zero-order valence-electron chi connectivity index (χ0n) is 8.91. The third-order valence-corrected chi connectivity index (χ3v) is 3.17. The van der Waals surface area contributed by atoms with E-state index < -0.39 is 0 Å². The number of rotatable bonds is 3. The zero-order chi connectivity index (χ0) is 10.1. The van der Waals surface area contributed by atoms with Gasteiger partial charge < -0.3 is 4.74 Å². The Morgan fingerprint density at radius 2 is 2.20 bits per heavy atom. The van der Waals surface area contributed by atoms with E-state index in [0.717, 1.165) is 24.7 Å². The second-order valence-electron chi connectivity index (χ2n) is 4.56. The molecule has 0 unspecified atom stereocenters. The molecule has 0 atom stereocenters. The molecule has 15 heavy (non-hydrogen) atoms. The quantitative estimate of drug-likeness (QED) is 0.726. The maximum absolute atomic E-state index is 5.77. The Labute approximate surface area is 90.8 Å². The minimum Gasteiger partial charge on any atom is -0.493 e. The maximum Gasteiger partial charge on any atom is 0.119 e. The van der Waals surface area contributed by atoms with Crippen molar-refractivity contribution in [2.24, 2.45) is 5.92 Å². The van der Waals surface area contributed by atoms with Crippen LogP contribution in [0.3, 0.4) is 0 Å². The number of allylic oxidation sites excluding steroid dienone is 1. The standard InChI is InChI=1S/C14H16O/c1-2-4-13-9-14(8-7-12(13)3-1)15-10-11-5-6-11/h1,3,7-9,11H,2,4-6,10H2. The Morgan fingerprint density at radius 3 is 3.07 bits per heavy atom. The summed E-state index contributed by atoms with van der Waals surface area (Å²) in [6, 6.07) is 6.48. The van der Waals surface area contributed by atoms with Crippen LogP contribution in [0.5, 0.6) is 5.75 Å². The molecule has 1 aromatic carbocycles. The van der Waals surface area contributed by atoms with Crippen molar-refractivity contribution in [1.29, 1.82) is 0 Å². The van der Waals surface area contributed by atoms with Crippen LogP contribution >= 0.6 is 0 Å². The Morgan fingerprint density at radius 1 is 1.27 bits per heavy atom. The van der Waals surface area contributed by atoms with E-state index in [4.69, 9.17) is 4.74 Å². The predicted octanol–water partition coefficient (Wildman–Crippen LogP) is 3.43. The molecule has 3 rings (SSSR count). The van der Waals surface area contributed by atoms with Crippen molar-refractivity contribution in [3.8, 4) is 5.75 Å². The summed E-state index contributed by atoms with van der Waals surface area (Å²) in [4.78, 5) is 0. The first-order valence-corrected chi connectivity index (χ1v) is 5.84. The van der Waals surface area contributed by atoms with Gasteiger partial charge in [0.25, 0.3) is 0 Å². The van der Waals surface area contributed by atoms with Crippen LogP contribution in [0.2, 0.25) is 0 Å². The lowest BCUT2D eigenvalue weighted by molar-refractivity contribution is 0.299. The first-order chi connectivity index (χ1) is 7.42. The fourth-order valence-corrected chi connectivity index (χ4v) is 2.00. The van der Waals surface area contributed by atoms with Crippen LogP contribution in [0.4, 0.5) is 0 Å². The molecule has 1 aromatic rings. The second kappa shape index (κ2) is 3.73. The number of ether oxygens (including phenoxy) is 1. The molecule has 1 heteroatoms. The summed E-state index contributed by atoms with van der Waals surface area (Å²) in [6.45, 7) is 0.911. The predicted molar refractivity (Wildman–Crippen MR) is 62.0 cm³/mol. The van der Waals surface area contributed by atoms with Gasteiger partial charge in [-0.25, -0.2) is 0 Å². The number of hydrogen-bond donors (Lipinski definition) is 0. The van der Waals surface area contributed by atoms with Crippen LogP contribution in [-0.4, -0.2) is 6.61 Å². The first-order valence-electron chi connectivity index (χ1n) is 5.84. The molecule has 0 heterocycles. The van der Waals surface area contributed by atoms with Crippen LogP contribution in [0, 0.1) is 5.92 Å². The maximum atomic E-state index is 5.77. The topological polar surface area (TPSA) is 9.23 Å². The molecular weight excluding hydrogens is 184 g/mol. The van der Waals surface area contributed by atoms with E-state index >= 15 is 0 Å². The van der Waals surface area contributed by atoms with Crippen LogP contribution in [-0.2, 0) is 6.42 Å². The van der Waals surface area contributed by atoms with Gasteiger partial charge in [0.15, 0.2) is 0 Å². The Kier molecular flexibility index (Phi) is 2.24. The third-order valence-electron chi connectivity index (χ3n) is 3.17. The fourth-order valence-electron chi connectivity index (χ4n) is 2.00. The van der Waals surface area contributed by atoms with Crippen molar-refractivity contribution in [2.75, 3.05) is 6.61 Å². The molecule has 2 aliphatic carbocycles. The highest BCUT2D eigenvalue weighted by Gasteiger charge is 2.21. The normalized spacial score (nSPS) is 18.7. The first kappa shape index (κ1) is 9.02. The van der Waals surface area contributed by atoms with E-state index in [1.807, 2.05) is 0 Å². The van der Waals surface area contributed by atoms with Crippen molar-refractivity contribution in [3.05, 3.63) is 35.4 Å². The van der Waals surface area contributed by atoms with Gasteiger partial charge in [0.05, 0.1) is 6.61 Å². The van der Waals surface area contributed by atoms with Gasteiger partial charge in [-0.1, -0.05) is 18.2 Å². The van der Waals surface area contributed by atoms with E-state index in [0.29, 0.717) is 0 Å². The molecule has 0 N–H and O–H groups in total. The Bertz CT molecular complexity index is 388. The molecule has 0 aliphatic heterocycles. The lowest BCUT2D eigenvalue weighted by Gasteiger charge is -2.12. The summed E-state index contributed by atoms with van der Waals surface area (Å²) in [5, 5.41) is 0. The van der Waals surface area contributed by atoms with Crippen molar-refractivity contribution >= 4 is 6.08 Å². The van der Waals surface area contributed by atoms with Gasteiger partial charge in [0.2, 0.25) is 0 Å². The number of fused-ring (bicyclic) bond motifs is 1. The van der Waals surface area contributed by atoms with Crippen LogP contribution < -0.4 is 4.74 Å². The molecule has 0 amide bonds. The molecule has 78 valence electrons. The molecular formula is C14H16O. The van der Waals surface area contributed by atoms with E-state index in [-0.39, 0.29) is 0 Å². The number of benzene rings is 1. The van der Waals surface area contributed by atoms with Gasteiger partial charge in [-0.15, -0.1) is 0 Å². The smallest absolute Gasteiger partial charge is 0.119 e. The average Bonchev–Trinajstić information content (AvgIpc) is 3.10. The molecule has 1 saturated carbocycles.